The van der Waals surface area contributed by atoms with Gasteiger partial charge in [-0.1, -0.05) is 49.4 Å². The predicted molar refractivity (Wildman–Crippen MR) is 141 cm³/mol. The van der Waals surface area contributed by atoms with Gasteiger partial charge in [0.25, 0.3) is 0 Å². The summed E-state index contributed by atoms with van der Waals surface area (Å²) in [5.74, 6) is 0.153. The quantitative estimate of drug-likeness (QED) is 0.174. The average Bonchev–Trinajstić information content (AvgIpc) is 3.23. The molecule has 0 spiro atoms. The summed E-state index contributed by atoms with van der Waals surface area (Å²) in [6.45, 7) is 11.9. The molecule has 0 radical (unpaired) electrons. The van der Waals surface area contributed by atoms with E-state index in [1.165, 1.54) is 17.8 Å². The van der Waals surface area contributed by atoms with Crippen LogP contribution in [-0.2, 0) is 17.9 Å². The van der Waals surface area contributed by atoms with Gasteiger partial charge in [-0.3, -0.25) is 9.69 Å². The summed E-state index contributed by atoms with van der Waals surface area (Å²) in [7, 11) is 0. The Morgan fingerprint density at radius 2 is 1.86 bits per heavy atom. The molecule has 188 valence electrons. The molecule has 0 aliphatic rings. The molecule has 0 aliphatic heterocycles. The zero-order valence-electron chi connectivity index (χ0n) is 20.5. The summed E-state index contributed by atoms with van der Waals surface area (Å²) >= 11 is 7.22. The highest BCUT2D eigenvalue weighted by Gasteiger charge is 2.28. The third kappa shape index (κ3) is 9.39. The fourth-order valence-corrected chi connectivity index (χ4v) is 4.05. The number of nitrogens with zero attached hydrogens (tertiary/aromatic N) is 3. The van der Waals surface area contributed by atoms with E-state index in [1.54, 1.807) is 32.9 Å². The Labute approximate surface area is 215 Å². The van der Waals surface area contributed by atoms with Gasteiger partial charge in [0.2, 0.25) is 11.8 Å². The normalized spacial score (nSPS) is 13.4. The van der Waals surface area contributed by atoms with Gasteiger partial charge in [-0.15, -0.1) is 22.0 Å². The second kappa shape index (κ2) is 13.3. The molecule has 0 saturated heterocycles. The van der Waals surface area contributed by atoms with Crippen molar-refractivity contribution in [2.45, 2.75) is 56.8 Å². The molecular weight excluding hydrogens is 486 g/mol. The molecule has 1 aromatic heterocycles. The van der Waals surface area contributed by atoms with E-state index in [2.05, 4.69) is 16.8 Å². The number of halogens is 1. The molecule has 7 nitrogen and oxygen atoms in total. The van der Waals surface area contributed by atoms with Crippen molar-refractivity contribution in [1.82, 2.24) is 15.1 Å². The van der Waals surface area contributed by atoms with Crippen LogP contribution in [-0.4, -0.2) is 42.6 Å². The average molecular weight is 518 g/mol. The molecule has 35 heavy (non-hydrogen) atoms. The monoisotopic (exact) mass is 517 g/mol. The smallest absolute Gasteiger partial charge is 0.319 e. The number of aliphatic hydroxyl groups is 1. The van der Waals surface area contributed by atoms with E-state index in [0.717, 1.165) is 16.0 Å². The number of carbonyl (C=O) groups is 1. The van der Waals surface area contributed by atoms with Gasteiger partial charge in [-0.2, -0.15) is 0 Å². The summed E-state index contributed by atoms with van der Waals surface area (Å²) in [5, 5.41) is 28.6. The van der Waals surface area contributed by atoms with E-state index in [1.807, 2.05) is 42.2 Å². The number of allylic oxidation sites excluding steroid dienone is 6. The Morgan fingerprint density at radius 3 is 2.43 bits per heavy atom. The maximum absolute atomic E-state index is 11.4. The Morgan fingerprint density at radius 1 is 1.17 bits per heavy atom. The molecule has 0 saturated carbocycles. The Kier molecular flexibility index (Phi) is 10.8. The lowest BCUT2D eigenvalue weighted by Gasteiger charge is -2.21. The van der Waals surface area contributed by atoms with Crippen molar-refractivity contribution in [2.75, 3.05) is 6.54 Å². The van der Waals surface area contributed by atoms with Crippen LogP contribution in [0.4, 0.5) is 0 Å². The lowest BCUT2D eigenvalue weighted by atomic mass is 10.2. The van der Waals surface area contributed by atoms with Crippen LogP contribution in [0.1, 0.15) is 51.5 Å². The largest absolute Gasteiger partial charge is 0.511 e. The van der Waals surface area contributed by atoms with Crippen molar-refractivity contribution >= 4 is 34.9 Å². The molecule has 2 aromatic rings. The lowest BCUT2D eigenvalue weighted by Crippen LogP contribution is -2.27. The fourth-order valence-electron chi connectivity index (χ4n) is 3.04. The molecule has 2 rings (SSSR count). The molecule has 0 amide bonds. The highest BCUT2D eigenvalue weighted by Crippen LogP contribution is 2.32. The van der Waals surface area contributed by atoms with Crippen LogP contribution in [0.5, 0.6) is 0 Å². The number of thioether (sulfide) groups is 1. The molecule has 0 unspecified atom stereocenters. The lowest BCUT2D eigenvalue weighted by molar-refractivity contribution is -0.138. The Bertz CT molecular complexity index is 1100. The van der Waals surface area contributed by atoms with Crippen molar-refractivity contribution in [2.24, 2.45) is 0 Å². The number of hydrogen-bond donors (Lipinski definition) is 2. The van der Waals surface area contributed by atoms with Crippen molar-refractivity contribution < 1.29 is 19.4 Å². The molecule has 0 fully saturated rings. The number of rotatable bonds is 13. The van der Waals surface area contributed by atoms with Crippen LogP contribution < -0.4 is 0 Å². The van der Waals surface area contributed by atoms with Crippen LogP contribution in [0, 0.1) is 0 Å². The van der Waals surface area contributed by atoms with E-state index < -0.39 is 10.7 Å². The number of aliphatic hydroxyl groups excluding tert-OH is 1. The van der Waals surface area contributed by atoms with E-state index in [4.69, 9.17) is 16.0 Å². The van der Waals surface area contributed by atoms with Gasteiger partial charge >= 0.3 is 5.97 Å². The third-order valence-corrected chi connectivity index (χ3v) is 6.23. The standard InChI is InChI=1S/C26H32ClN3O4S/c1-6-8-21(31)16-30(15-19-10-13-22(14-11-19)35-26(4,5)25(32)33)17-23-28-29-24(34-23)20(7-2)12-9-18(3)27/h6,8-14,31H,1,7,15-17H2,2-5H3,(H,32,33)/b18-9+,20-12+,21-8-. The summed E-state index contributed by atoms with van der Waals surface area (Å²) in [6.07, 6.45) is 7.42. The summed E-state index contributed by atoms with van der Waals surface area (Å²) in [6, 6.07) is 7.69. The Hall–Kier alpha value is -2.81. The minimum Gasteiger partial charge on any atom is -0.511 e. The van der Waals surface area contributed by atoms with E-state index in [9.17, 15) is 15.0 Å². The summed E-state index contributed by atoms with van der Waals surface area (Å²) < 4.78 is 4.97. The SMILES string of the molecule is C=C/C=C(\O)CN(Cc1ccc(SC(C)(C)C(=O)O)cc1)Cc1nnc(/C(=C/C=C(\C)Cl)CC)o1. The first kappa shape index (κ1) is 28.4. The van der Waals surface area contributed by atoms with Crippen molar-refractivity contribution in [3.8, 4) is 0 Å². The van der Waals surface area contributed by atoms with Gasteiger partial charge in [-0.05, 0) is 57.0 Å². The fraction of sp³-hybridized carbons (Fsp3) is 0.346. The third-order valence-electron chi connectivity index (χ3n) is 4.91. The summed E-state index contributed by atoms with van der Waals surface area (Å²) in [4.78, 5) is 14.2. The molecule has 0 atom stereocenters. The predicted octanol–water partition coefficient (Wildman–Crippen LogP) is 6.59. The highest BCUT2D eigenvalue weighted by atomic mass is 35.5. The molecule has 2 N–H and O–H groups in total. The van der Waals surface area contributed by atoms with Crippen LogP contribution in [0.25, 0.3) is 5.57 Å². The minimum absolute atomic E-state index is 0.159. The van der Waals surface area contributed by atoms with E-state index in [-0.39, 0.29) is 12.3 Å². The Balaban J connectivity index is 2.19. The maximum atomic E-state index is 11.4. The number of hydrogen-bond acceptors (Lipinski definition) is 7. The molecule has 1 heterocycles. The van der Waals surface area contributed by atoms with Crippen molar-refractivity contribution in [3.63, 3.8) is 0 Å². The molecule has 9 heteroatoms. The zero-order chi connectivity index (χ0) is 26.0. The zero-order valence-corrected chi connectivity index (χ0v) is 22.1. The number of carboxylic acid groups (broad SMARTS) is 1. The number of carboxylic acids is 1. The first-order chi connectivity index (χ1) is 16.5. The number of aliphatic carboxylic acids is 1. The topological polar surface area (TPSA) is 99.7 Å². The molecular formula is C26H32ClN3O4S. The first-order valence-corrected chi connectivity index (χ1v) is 12.3. The van der Waals surface area contributed by atoms with Gasteiger partial charge in [0.1, 0.15) is 10.5 Å². The van der Waals surface area contributed by atoms with Gasteiger partial charge in [0.05, 0.1) is 13.1 Å². The highest BCUT2D eigenvalue weighted by molar-refractivity contribution is 8.01. The van der Waals surface area contributed by atoms with Crippen LogP contribution in [0.15, 0.2) is 75.3 Å². The number of aromatic nitrogens is 2. The maximum Gasteiger partial charge on any atom is 0.319 e. The number of benzene rings is 1. The van der Waals surface area contributed by atoms with Crippen molar-refractivity contribution in [1.29, 1.82) is 0 Å². The van der Waals surface area contributed by atoms with Crippen LogP contribution >= 0.6 is 23.4 Å². The van der Waals surface area contributed by atoms with E-state index >= 15 is 0 Å². The minimum atomic E-state index is -0.922. The molecule has 1 aromatic carbocycles. The van der Waals surface area contributed by atoms with Gasteiger partial charge in [-0.25, -0.2) is 0 Å². The molecule has 0 aliphatic carbocycles. The summed E-state index contributed by atoms with van der Waals surface area (Å²) in [5.41, 5.74) is 1.87. The van der Waals surface area contributed by atoms with Gasteiger partial charge in [0.15, 0.2) is 0 Å². The van der Waals surface area contributed by atoms with Gasteiger partial charge < -0.3 is 14.6 Å². The molecule has 0 bridgehead atoms. The van der Waals surface area contributed by atoms with Crippen LogP contribution in [0.3, 0.4) is 0 Å². The second-order valence-electron chi connectivity index (χ2n) is 8.40. The van der Waals surface area contributed by atoms with Crippen LogP contribution in [0.2, 0.25) is 0 Å². The van der Waals surface area contributed by atoms with E-state index in [0.29, 0.717) is 36.3 Å². The van der Waals surface area contributed by atoms with Gasteiger partial charge in [0, 0.05) is 22.0 Å². The first-order valence-electron chi connectivity index (χ1n) is 11.1. The second-order valence-corrected chi connectivity index (χ2v) is 10.7. The van der Waals surface area contributed by atoms with Crippen molar-refractivity contribution in [3.05, 3.63) is 83.3 Å².